The molecule has 0 spiro atoms. The first-order valence-electron chi connectivity index (χ1n) is 5.39. The Morgan fingerprint density at radius 3 is 3.06 bits per heavy atom. The lowest BCUT2D eigenvalue weighted by molar-refractivity contribution is 0.600. The quantitative estimate of drug-likeness (QED) is 0.489. The minimum Gasteiger partial charge on any atom is -0.358 e. The van der Waals surface area contributed by atoms with Crippen LogP contribution in [0.1, 0.15) is 11.3 Å². The van der Waals surface area contributed by atoms with E-state index >= 15 is 0 Å². The third-order valence-electron chi connectivity index (χ3n) is 2.47. The van der Waals surface area contributed by atoms with Crippen LogP contribution in [0, 0.1) is 0 Å². The van der Waals surface area contributed by atoms with E-state index in [1.54, 1.807) is 17.6 Å². The molecule has 18 heavy (non-hydrogen) atoms. The van der Waals surface area contributed by atoms with Crippen molar-refractivity contribution in [2.45, 2.75) is 12.5 Å². The van der Waals surface area contributed by atoms with E-state index in [9.17, 15) is 8.42 Å². The van der Waals surface area contributed by atoms with Crippen LogP contribution in [-0.4, -0.2) is 37.3 Å². The summed E-state index contributed by atoms with van der Waals surface area (Å²) in [6.45, 7) is 0. The van der Waals surface area contributed by atoms with E-state index in [0.717, 1.165) is 4.88 Å². The summed E-state index contributed by atoms with van der Waals surface area (Å²) in [6.07, 6.45) is 2.27. The molecule has 98 valence electrons. The molecule has 1 fully saturated rings. The van der Waals surface area contributed by atoms with Gasteiger partial charge < -0.3 is 5.32 Å². The normalized spacial score (nSPS) is 22.1. The largest absolute Gasteiger partial charge is 0.358 e. The van der Waals surface area contributed by atoms with Crippen LogP contribution in [0.3, 0.4) is 0 Å². The number of hydrazone groups is 1. The lowest BCUT2D eigenvalue weighted by atomic mass is 10.3. The van der Waals surface area contributed by atoms with Crippen LogP contribution in [-0.2, 0) is 9.84 Å². The maximum Gasteiger partial charge on any atom is 0.187 e. The van der Waals surface area contributed by atoms with Gasteiger partial charge in [0.05, 0.1) is 17.7 Å². The van der Waals surface area contributed by atoms with E-state index in [-0.39, 0.29) is 17.5 Å². The molecular formula is C10H13N3O2S3. The zero-order valence-electron chi connectivity index (χ0n) is 9.50. The van der Waals surface area contributed by atoms with Crippen LogP contribution in [0.15, 0.2) is 22.6 Å². The Kier molecular flexibility index (Phi) is 4.31. The van der Waals surface area contributed by atoms with Crippen LogP contribution in [0.4, 0.5) is 0 Å². The maximum absolute atomic E-state index is 11.3. The third-order valence-corrected chi connectivity index (χ3v) is 5.25. The van der Waals surface area contributed by atoms with Gasteiger partial charge in [0.15, 0.2) is 14.9 Å². The van der Waals surface area contributed by atoms with Gasteiger partial charge in [-0.1, -0.05) is 6.07 Å². The number of rotatable bonds is 3. The van der Waals surface area contributed by atoms with E-state index in [0.29, 0.717) is 11.5 Å². The first kappa shape index (κ1) is 13.4. The van der Waals surface area contributed by atoms with Crippen molar-refractivity contribution in [2.24, 2.45) is 5.10 Å². The van der Waals surface area contributed by atoms with E-state index in [4.69, 9.17) is 12.2 Å². The summed E-state index contributed by atoms with van der Waals surface area (Å²) in [7, 11) is -2.88. The van der Waals surface area contributed by atoms with Crippen LogP contribution in [0.25, 0.3) is 0 Å². The number of thiophene rings is 1. The van der Waals surface area contributed by atoms with Gasteiger partial charge in [-0.2, -0.15) is 5.10 Å². The zero-order chi connectivity index (χ0) is 13.0. The van der Waals surface area contributed by atoms with Gasteiger partial charge in [0.2, 0.25) is 0 Å². The van der Waals surface area contributed by atoms with Crippen molar-refractivity contribution in [1.82, 2.24) is 10.7 Å². The fraction of sp³-hybridized carbons (Fsp3) is 0.400. The molecule has 0 saturated carbocycles. The number of sulfone groups is 1. The topological polar surface area (TPSA) is 70.6 Å². The predicted molar refractivity (Wildman–Crippen MR) is 77.8 cm³/mol. The monoisotopic (exact) mass is 303 g/mol. The van der Waals surface area contributed by atoms with Gasteiger partial charge in [0, 0.05) is 10.9 Å². The SMILES string of the molecule is O=S1(=O)CCC(NC(=S)N/N=C/c2cccs2)C1. The molecule has 5 nitrogen and oxygen atoms in total. The summed E-state index contributed by atoms with van der Waals surface area (Å²) in [4.78, 5) is 1.02. The Balaban J connectivity index is 1.76. The zero-order valence-corrected chi connectivity index (χ0v) is 11.9. The van der Waals surface area contributed by atoms with Crippen molar-refractivity contribution >= 4 is 44.7 Å². The molecule has 8 heteroatoms. The molecule has 1 aliphatic heterocycles. The van der Waals surface area contributed by atoms with Gasteiger partial charge in [0.25, 0.3) is 0 Å². The van der Waals surface area contributed by atoms with Crippen LogP contribution >= 0.6 is 23.6 Å². The number of hydrogen-bond donors (Lipinski definition) is 2. The second kappa shape index (κ2) is 5.77. The van der Waals surface area contributed by atoms with Crippen molar-refractivity contribution in [1.29, 1.82) is 0 Å². The lowest BCUT2D eigenvalue weighted by Gasteiger charge is -2.11. The molecule has 0 aliphatic carbocycles. The molecule has 0 aromatic carbocycles. The first-order valence-corrected chi connectivity index (χ1v) is 8.49. The number of nitrogens with zero attached hydrogens (tertiary/aromatic N) is 1. The van der Waals surface area contributed by atoms with Crippen molar-refractivity contribution in [3.8, 4) is 0 Å². The summed E-state index contributed by atoms with van der Waals surface area (Å²) in [5.41, 5.74) is 2.68. The molecule has 1 aromatic heterocycles. The highest BCUT2D eigenvalue weighted by atomic mass is 32.2. The van der Waals surface area contributed by atoms with Gasteiger partial charge in [0.1, 0.15) is 0 Å². The minimum absolute atomic E-state index is 0.105. The Labute approximate surface area is 115 Å². The molecule has 1 atom stereocenters. The number of nitrogens with one attached hydrogen (secondary N) is 2. The maximum atomic E-state index is 11.3. The third kappa shape index (κ3) is 4.04. The van der Waals surface area contributed by atoms with Gasteiger partial charge in [-0.15, -0.1) is 11.3 Å². The van der Waals surface area contributed by atoms with E-state index in [2.05, 4.69) is 15.8 Å². The molecular weight excluding hydrogens is 290 g/mol. The summed E-state index contributed by atoms with van der Waals surface area (Å²) >= 11 is 6.61. The average molecular weight is 303 g/mol. The molecule has 2 N–H and O–H groups in total. The molecule has 2 heterocycles. The van der Waals surface area contributed by atoms with E-state index < -0.39 is 9.84 Å². The fourth-order valence-electron chi connectivity index (χ4n) is 1.65. The van der Waals surface area contributed by atoms with Crippen molar-refractivity contribution in [2.75, 3.05) is 11.5 Å². The summed E-state index contributed by atoms with van der Waals surface area (Å²) in [5.74, 6) is 0.370. The van der Waals surface area contributed by atoms with Crippen LogP contribution < -0.4 is 10.7 Å². The number of hydrogen-bond acceptors (Lipinski definition) is 5. The Morgan fingerprint density at radius 1 is 1.61 bits per heavy atom. The average Bonchev–Trinajstić information content (AvgIpc) is 2.88. The fourth-order valence-corrected chi connectivity index (χ4v) is 4.12. The standard InChI is InChI=1S/C10H13N3O2S3/c14-18(15)5-3-8(7-18)12-10(16)13-11-6-9-2-1-4-17-9/h1-2,4,6,8H,3,5,7H2,(H2,12,13,16)/b11-6+. The highest BCUT2D eigenvalue weighted by molar-refractivity contribution is 7.91. The summed E-state index contributed by atoms with van der Waals surface area (Å²) in [6, 6.07) is 3.77. The second-order valence-corrected chi connectivity index (χ2v) is 7.58. The van der Waals surface area contributed by atoms with Crippen LogP contribution in [0.5, 0.6) is 0 Å². The van der Waals surface area contributed by atoms with Crippen molar-refractivity contribution < 1.29 is 8.42 Å². The van der Waals surface area contributed by atoms with Crippen molar-refractivity contribution in [3.63, 3.8) is 0 Å². The smallest absolute Gasteiger partial charge is 0.187 e. The van der Waals surface area contributed by atoms with E-state index in [1.807, 2.05) is 17.5 Å². The van der Waals surface area contributed by atoms with Crippen LogP contribution in [0.2, 0.25) is 0 Å². The van der Waals surface area contributed by atoms with E-state index in [1.165, 1.54) is 0 Å². The Morgan fingerprint density at radius 2 is 2.44 bits per heavy atom. The molecule has 1 saturated heterocycles. The van der Waals surface area contributed by atoms with Gasteiger partial charge in [-0.3, -0.25) is 5.43 Å². The Bertz CT molecular complexity index is 537. The predicted octanol–water partition coefficient (Wildman–Crippen LogP) is 0.733. The lowest BCUT2D eigenvalue weighted by Crippen LogP contribution is -2.40. The first-order chi connectivity index (χ1) is 8.55. The molecule has 0 radical (unpaired) electrons. The second-order valence-electron chi connectivity index (χ2n) is 3.96. The van der Waals surface area contributed by atoms with Crippen molar-refractivity contribution in [3.05, 3.63) is 22.4 Å². The van der Waals surface area contributed by atoms with Gasteiger partial charge in [-0.05, 0) is 30.1 Å². The summed E-state index contributed by atoms with van der Waals surface area (Å²) in [5, 5.41) is 9.23. The molecule has 1 aliphatic rings. The molecule has 0 bridgehead atoms. The van der Waals surface area contributed by atoms with Gasteiger partial charge >= 0.3 is 0 Å². The Hall–Kier alpha value is -0.990. The highest BCUT2D eigenvalue weighted by Gasteiger charge is 2.27. The molecule has 1 unspecified atom stereocenters. The highest BCUT2D eigenvalue weighted by Crippen LogP contribution is 2.10. The minimum atomic E-state index is -2.88. The van der Waals surface area contributed by atoms with Gasteiger partial charge in [-0.25, -0.2) is 8.42 Å². The summed E-state index contributed by atoms with van der Waals surface area (Å²) < 4.78 is 22.5. The molecule has 1 aromatic rings. The molecule has 0 amide bonds. The number of thiocarbonyl (C=S) groups is 1. The molecule has 2 rings (SSSR count).